The number of nitrogen functional groups attached to an aromatic ring is 1. The molecule has 1 heterocycles. The van der Waals surface area contributed by atoms with Gasteiger partial charge in [0.15, 0.2) is 11.6 Å². The van der Waals surface area contributed by atoms with Crippen LogP contribution in [0.1, 0.15) is 12.0 Å². The van der Waals surface area contributed by atoms with Gasteiger partial charge in [-0.1, -0.05) is 12.2 Å². The predicted molar refractivity (Wildman–Crippen MR) is 57.9 cm³/mol. The number of hydrogen-bond donors (Lipinski definition) is 2. The van der Waals surface area contributed by atoms with Crippen molar-refractivity contribution in [3.63, 3.8) is 0 Å². The maximum Gasteiger partial charge on any atom is 0.166 e. The fraction of sp³-hybridized carbons (Fsp3) is 0.300. The highest BCUT2D eigenvalue weighted by molar-refractivity contribution is 5.56. The van der Waals surface area contributed by atoms with Gasteiger partial charge in [-0.25, -0.2) is 4.98 Å². The van der Waals surface area contributed by atoms with Crippen molar-refractivity contribution in [1.82, 2.24) is 4.98 Å². The summed E-state index contributed by atoms with van der Waals surface area (Å²) in [6.07, 6.45) is 6.49. The van der Waals surface area contributed by atoms with E-state index in [4.69, 9.17) is 16.2 Å². The molecule has 1 aromatic rings. The first kappa shape index (κ1) is 10.5. The monoisotopic (exact) mass is 193 g/mol. The summed E-state index contributed by atoms with van der Waals surface area (Å²) >= 11 is 0. The Morgan fingerprint density at radius 2 is 2.36 bits per heavy atom. The molecule has 4 heteroatoms. The van der Waals surface area contributed by atoms with E-state index in [2.05, 4.69) is 4.98 Å². The van der Waals surface area contributed by atoms with Crippen molar-refractivity contribution in [1.29, 1.82) is 0 Å². The van der Waals surface area contributed by atoms with E-state index in [1.54, 1.807) is 13.3 Å². The van der Waals surface area contributed by atoms with Crippen LogP contribution in [0.4, 0.5) is 5.82 Å². The van der Waals surface area contributed by atoms with Crippen LogP contribution in [0.25, 0.3) is 6.08 Å². The highest BCUT2D eigenvalue weighted by Crippen LogP contribution is 2.19. The number of pyridine rings is 1. The Labute approximate surface area is 83.6 Å². The number of anilines is 1. The van der Waals surface area contributed by atoms with E-state index in [9.17, 15) is 0 Å². The minimum Gasteiger partial charge on any atom is -0.493 e. The first-order chi connectivity index (χ1) is 6.77. The Bertz CT molecular complexity index is 323. The van der Waals surface area contributed by atoms with E-state index in [-0.39, 0.29) is 0 Å². The first-order valence-electron chi connectivity index (χ1n) is 4.44. The molecule has 1 aromatic heterocycles. The molecule has 4 nitrogen and oxygen atoms in total. The van der Waals surface area contributed by atoms with Crippen LogP contribution in [0.3, 0.4) is 0 Å². The molecular weight excluding hydrogens is 178 g/mol. The lowest BCUT2D eigenvalue weighted by atomic mass is 10.2. The van der Waals surface area contributed by atoms with Gasteiger partial charge in [0, 0.05) is 6.20 Å². The summed E-state index contributed by atoms with van der Waals surface area (Å²) in [5.41, 5.74) is 11.9. The van der Waals surface area contributed by atoms with Gasteiger partial charge < -0.3 is 16.2 Å². The molecule has 0 radical (unpaired) electrons. The quantitative estimate of drug-likeness (QED) is 0.749. The number of nitrogens with two attached hydrogens (primary N) is 2. The van der Waals surface area contributed by atoms with Gasteiger partial charge in [0.2, 0.25) is 0 Å². The number of nitrogens with zero attached hydrogens (tertiary/aromatic N) is 1. The maximum atomic E-state index is 5.57. The molecule has 4 N–H and O–H groups in total. The molecule has 14 heavy (non-hydrogen) atoms. The lowest BCUT2D eigenvalue weighted by Crippen LogP contribution is -1.96. The second-order valence-electron chi connectivity index (χ2n) is 2.84. The zero-order chi connectivity index (χ0) is 10.4. The van der Waals surface area contributed by atoms with E-state index in [1.165, 1.54) is 0 Å². The number of methoxy groups -OCH3 is 1. The molecule has 0 unspecified atom stereocenters. The van der Waals surface area contributed by atoms with Crippen molar-refractivity contribution < 1.29 is 4.74 Å². The SMILES string of the molecule is COc1cc(C=CCCN)cnc1N. The van der Waals surface area contributed by atoms with Crippen LogP contribution >= 0.6 is 0 Å². The molecule has 0 saturated heterocycles. The van der Waals surface area contributed by atoms with Crippen molar-refractivity contribution in [3.8, 4) is 5.75 Å². The van der Waals surface area contributed by atoms with Gasteiger partial charge in [-0.15, -0.1) is 0 Å². The largest absolute Gasteiger partial charge is 0.493 e. The number of hydrogen-bond acceptors (Lipinski definition) is 4. The smallest absolute Gasteiger partial charge is 0.166 e. The molecule has 0 amide bonds. The van der Waals surface area contributed by atoms with E-state index >= 15 is 0 Å². The number of rotatable bonds is 4. The molecular formula is C10H15N3O. The van der Waals surface area contributed by atoms with Gasteiger partial charge >= 0.3 is 0 Å². The minimum atomic E-state index is 0.406. The van der Waals surface area contributed by atoms with Gasteiger partial charge in [-0.3, -0.25) is 0 Å². The van der Waals surface area contributed by atoms with Crippen LogP contribution < -0.4 is 16.2 Å². The van der Waals surface area contributed by atoms with E-state index in [1.807, 2.05) is 18.2 Å². The number of aromatic nitrogens is 1. The summed E-state index contributed by atoms with van der Waals surface area (Å²) in [7, 11) is 1.57. The molecule has 0 aliphatic carbocycles. The summed E-state index contributed by atoms with van der Waals surface area (Å²) in [6.45, 7) is 0.649. The average Bonchev–Trinajstić information content (AvgIpc) is 2.21. The van der Waals surface area contributed by atoms with Gasteiger partial charge in [-0.05, 0) is 24.6 Å². The van der Waals surface area contributed by atoms with Crippen LogP contribution in [-0.2, 0) is 0 Å². The molecule has 0 atom stereocenters. The summed E-state index contributed by atoms with van der Waals surface area (Å²) < 4.78 is 5.05. The second kappa shape index (κ2) is 5.24. The summed E-state index contributed by atoms with van der Waals surface area (Å²) in [4.78, 5) is 4.00. The maximum absolute atomic E-state index is 5.57. The minimum absolute atomic E-state index is 0.406. The van der Waals surface area contributed by atoms with Gasteiger partial charge in [-0.2, -0.15) is 0 Å². The van der Waals surface area contributed by atoms with Crippen molar-refractivity contribution in [2.24, 2.45) is 5.73 Å². The van der Waals surface area contributed by atoms with Crippen LogP contribution in [0.2, 0.25) is 0 Å². The Hall–Kier alpha value is -1.55. The Balaban J connectivity index is 2.79. The standard InChI is InChI=1S/C10H15N3O/c1-14-9-6-8(4-2-3-5-11)7-13-10(9)12/h2,4,6-7H,3,5,11H2,1H3,(H2,12,13). The fourth-order valence-corrected chi connectivity index (χ4v) is 1.04. The number of ether oxygens (including phenoxy) is 1. The summed E-state index contributed by atoms with van der Waals surface area (Å²) in [6, 6.07) is 1.84. The van der Waals surface area contributed by atoms with E-state index in [0.717, 1.165) is 12.0 Å². The van der Waals surface area contributed by atoms with Crippen molar-refractivity contribution in [2.75, 3.05) is 19.4 Å². The van der Waals surface area contributed by atoms with Gasteiger partial charge in [0.25, 0.3) is 0 Å². The van der Waals surface area contributed by atoms with E-state index < -0.39 is 0 Å². The summed E-state index contributed by atoms with van der Waals surface area (Å²) in [5, 5.41) is 0. The Morgan fingerprint density at radius 3 is 3.00 bits per heavy atom. The third kappa shape index (κ3) is 2.74. The van der Waals surface area contributed by atoms with Crippen molar-refractivity contribution >= 4 is 11.9 Å². The van der Waals surface area contributed by atoms with Gasteiger partial charge in [0.1, 0.15) is 0 Å². The molecule has 1 rings (SSSR count). The molecule has 0 bridgehead atoms. The lowest BCUT2D eigenvalue weighted by molar-refractivity contribution is 0.415. The van der Waals surface area contributed by atoms with Crippen LogP contribution in [0, 0.1) is 0 Å². The normalized spacial score (nSPS) is 10.7. The Kier molecular flexibility index (Phi) is 3.94. The molecule has 0 aliphatic rings. The highest BCUT2D eigenvalue weighted by atomic mass is 16.5. The zero-order valence-corrected chi connectivity index (χ0v) is 8.23. The third-order valence-corrected chi connectivity index (χ3v) is 1.77. The van der Waals surface area contributed by atoms with Crippen LogP contribution in [0.5, 0.6) is 5.75 Å². The average molecular weight is 193 g/mol. The molecule has 0 aromatic carbocycles. The zero-order valence-electron chi connectivity index (χ0n) is 8.23. The lowest BCUT2D eigenvalue weighted by Gasteiger charge is -2.03. The second-order valence-corrected chi connectivity index (χ2v) is 2.84. The molecule has 0 saturated carbocycles. The van der Waals surface area contributed by atoms with Crippen LogP contribution in [0.15, 0.2) is 18.3 Å². The highest BCUT2D eigenvalue weighted by Gasteiger charge is 1.99. The molecule has 0 spiro atoms. The predicted octanol–water partition coefficient (Wildman–Crippen LogP) is 1.03. The molecule has 76 valence electrons. The molecule has 0 aliphatic heterocycles. The topological polar surface area (TPSA) is 74.2 Å². The molecule has 0 fully saturated rings. The van der Waals surface area contributed by atoms with E-state index in [0.29, 0.717) is 18.1 Å². The summed E-state index contributed by atoms with van der Waals surface area (Å²) in [5.74, 6) is 1.00. The van der Waals surface area contributed by atoms with Crippen LogP contribution in [-0.4, -0.2) is 18.6 Å². The fourth-order valence-electron chi connectivity index (χ4n) is 1.04. The van der Waals surface area contributed by atoms with Crippen molar-refractivity contribution in [3.05, 3.63) is 23.9 Å². The third-order valence-electron chi connectivity index (χ3n) is 1.77. The van der Waals surface area contributed by atoms with Crippen molar-refractivity contribution in [2.45, 2.75) is 6.42 Å². The first-order valence-corrected chi connectivity index (χ1v) is 4.44. The van der Waals surface area contributed by atoms with Gasteiger partial charge in [0.05, 0.1) is 7.11 Å². The Morgan fingerprint density at radius 1 is 1.57 bits per heavy atom.